The second-order valence-electron chi connectivity index (χ2n) is 5.28. The summed E-state index contributed by atoms with van der Waals surface area (Å²) in [5.74, 6) is -0.0233. The van der Waals surface area contributed by atoms with E-state index in [2.05, 4.69) is 10.2 Å². The van der Waals surface area contributed by atoms with Crippen LogP contribution in [0.15, 0.2) is 17.5 Å². The molecule has 19 heavy (non-hydrogen) atoms. The van der Waals surface area contributed by atoms with Crippen molar-refractivity contribution in [3.8, 4) is 0 Å². The molecular formula is C13H18N4O2. The lowest BCUT2D eigenvalue weighted by molar-refractivity contribution is -0.134. The van der Waals surface area contributed by atoms with E-state index in [0.717, 1.165) is 37.0 Å². The van der Waals surface area contributed by atoms with Crippen LogP contribution in [-0.4, -0.2) is 43.7 Å². The summed E-state index contributed by atoms with van der Waals surface area (Å²) >= 11 is 0. The molecule has 1 fully saturated rings. The predicted octanol–water partition coefficient (Wildman–Crippen LogP) is 0.660. The first-order chi connectivity index (χ1) is 9.15. The molecule has 0 aromatic carbocycles. The van der Waals surface area contributed by atoms with E-state index in [4.69, 9.17) is 0 Å². The Balaban J connectivity index is 1.82. The molecule has 1 aliphatic heterocycles. The number of aryl methyl sites for hydroxylation is 1. The fourth-order valence-corrected chi connectivity index (χ4v) is 2.81. The van der Waals surface area contributed by atoms with Crippen molar-refractivity contribution >= 4 is 11.6 Å². The van der Waals surface area contributed by atoms with Crippen molar-refractivity contribution in [1.29, 1.82) is 0 Å². The molecule has 0 spiro atoms. The molecule has 1 N–H and O–H groups in total. The SMILES string of the molecule is Cn1cc(C2=NN(C3CCCCC3O)C(=O)C2)cn1. The zero-order chi connectivity index (χ0) is 13.4. The summed E-state index contributed by atoms with van der Waals surface area (Å²) in [5, 5.41) is 20.0. The van der Waals surface area contributed by atoms with E-state index in [-0.39, 0.29) is 11.9 Å². The molecule has 6 heteroatoms. The molecule has 1 aromatic rings. The molecular weight excluding hydrogens is 244 g/mol. The van der Waals surface area contributed by atoms with Crippen LogP contribution in [0.2, 0.25) is 0 Å². The number of nitrogens with zero attached hydrogens (tertiary/aromatic N) is 4. The van der Waals surface area contributed by atoms with Gasteiger partial charge in [-0.3, -0.25) is 9.48 Å². The number of amides is 1. The average molecular weight is 262 g/mol. The molecule has 0 radical (unpaired) electrons. The van der Waals surface area contributed by atoms with Gasteiger partial charge in [0, 0.05) is 18.8 Å². The Morgan fingerprint density at radius 3 is 2.84 bits per heavy atom. The maximum absolute atomic E-state index is 12.1. The molecule has 2 atom stereocenters. The van der Waals surface area contributed by atoms with Gasteiger partial charge in [0.25, 0.3) is 0 Å². The van der Waals surface area contributed by atoms with Crippen molar-refractivity contribution in [3.63, 3.8) is 0 Å². The van der Waals surface area contributed by atoms with Gasteiger partial charge in [-0.1, -0.05) is 12.8 Å². The molecule has 102 valence electrons. The van der Waals surface area contributed by atoms with Crippen LogP contribution in [0.5, 0.6) is 0 Å². The third-order valence-corrected chi connectivity index (χ3v) is 3.85. The Morgan fingerprint density at radius 2 is 2.16 bits per heavy atom. The molecule has 1 aromatic heterocycles. The number of aliphatic hydroxyl groups excluding tert-OH is 1. The van der Waals surface area contributed by atoms with Gasteiger partial charge in [-0.25, -0.2) is 5.01 Å². The second kappa shape index (κ2) is 4.77. The van der Waals surface area contributed by atoms with E-state index in [1.807, 2.05) is 13.2 Å². The fraction of sp³-hybridized carbons (Fsp3) is 0.615. The Bertz CT molecular complexity index is 522. The van der Waals surface area contributed by atoms with Crippen LogP contribution in [0.25, 0.3) is 0 Å². The minimum atomic E-state index is -0.449. The van der Waals surface area contributed by atoms with Crippen LogP contribution in [0.3, 0.4) is 0 Å². The number of hydrogen-bond donors (Lipinski definition) is 1. The third kappa shape index (κ3) is 2.28. The lowest BCUT2D eigenvalue weighted by Gasteiger charge is -2.32. The summed E-state index contributed by atoms with van der Waals surface area (Å²) in [4.78, 5) is 12.1. The van der Waals surface area contributed by atoms with Gasteiger partial charge in [0.1, 0.15) is 0 Å². The summed E-state index contributed by atoms with van der Waals surface area (Å²) in [6, 6.07) is -0.157. The molecule has 0 saturated heterocycles. The normalized spacial score (nSPS) is 27.8. The topological polar surface area (TPSA) is 70.7 Å². The zero-order valence-corrected chi connectivity index (χ0v) is 11.0. The zero-order valence-electron chi connectivity index (χ0n) is 11.0. The molecule has 6 nitrogen and oxygen atoms in total. The number of aliphatic hydroxyl groups is 1. The van der Waals surface area contributed by atoms with Crippen LogP contribution in [0.1, 0.15) is 37.7 Å². The van der Waals surface area contributed by atoms with E-state index in [1.54, 1.807) is 10.9 Å². The van der Waals surface area contributed by atoms with Gasteiger partial charge < -0.3 is 5.11 Å². The summed E-state index contributed by atoms with van der Waals surface area (Å²) in [6.07, 6.45) is 7.08. The van der Waals surface area contributed by atoms with Gasteiger partial charge in [0.05, 0.1) is 30.5 Å². The van der Waals surface area contributed by atoms with Crippen LogP contribution in [-0.2, 0) is 11.8 Å². The van der Waals surface area contributed by atoms with Crippen LogP contribution in [0, 0.1) is 0 Å². The molecule has 2 unspecified atom stereocenters. The molecule has 1 saturated carbocycles. The quantitative estimate of drug-likeness (QED) is 0.851. The summed E-state index contributed by atoms with van der Waals surface area (Å²) in [7, 11) is 1.84. The number of rotatable bonds is 2. The molecule has 2 heterocycles. The smallest absolute Gasteiger partial charge is 0.249 e. The first kappa shape index (κ1) is 12.3. The summed E-state index contributed by atoms with van der Waals surface area (Å²) in [6.45, 7) is 0. The highest BCUT2D eigenvalue weighted by Crippen LogP contribution is 2.27. The van der Waals surface area contributed by atoms with Crippen molar-refractivity contribution in [3.05, 3.63) is 18.0 Å². The molecule has 0 bridgehead atoms. The minimum absolute atomic E-state index is 0.0233. The van der Waals surface area contributed by atoms with Gasteiger partial charge in [-0.2, -0.15) is 10.2 Å². The second-order valence-corrected chi connectivity index (χ2v) is 5.28. The Labute approximate surface area is 111 Å². The molecule has 3 rings (SSSR count). The lowest BCUT2D eigenvalue weighted by Crippen LogP contribution is -2.43. The number of hydrazone groups is 1. The lowest BCUT2D eigenvalue weighted by atomic mass is 9.92. The third-order valence-electron chi connectivity index (χ3n) is 3.85. The van der Waals surface area contributed by atoms with E-state index in [0.29, 0.717) is 6.42 Å². The maximum atomic E-state index is 12.1. The van der Waals surface area contributed by atoms with E-state index >= 15 is 0 Å². The highest BCUT2D eigenvalue weighted by Gasteiger charge is 2.36. The number of hydrogen-bond acceptors (Lipinski definition) is 4. The highest BCUT2D eigenvalue weighted by atomic mass is 16.3. The summed E-state index contributed by atoms with van der Waals surface area (Å²) < 4.78 is 1.69. The molecule has 1 amide bonds. The van der Waals surface area contributed by atoms with Crippen molar-refractivity contribution in [2.24, 2.45) is 12.1 Å². The van der Waals surface area contributed by atoms with Crippen LogP contribution in [0.4, 0.5) is 0 Å². The van der Waals surface area contributed by atoms with Crippen molar-refractivity contribution < 1.29 is 9.90 Å². The van der Waals surface area contributed by atoms with E-state index < -0.39 is 6.10 Å². The van der Waals surface area contributed by atoms with Crippen molar-refractivity contribution in [2.45, 2.75) is 44.2 Å². The minimum Gasteiger partial charge on any atom is -0.391 e. The standard InChI is InChI=1S/C13H18N4O2/c1-16-8-9(7-14-16)10-6-13(19)17(15-10)11-4-2-3-5-12(11)18/h7-8,11-12,18H,2-6H2,1H3. The van der Waals surface area contributed by atoms with Gasteiger partial charge >= 0.3 is 0 Å². The number of carbonyl (C=O) groups is 1. The summed E-state index contributed by atoms with van der Waals surface area (Å²) in [5.41, 5.74) is 1.62. The van der Waals surface area contributed by atoms with E-state index in [1.165, 1.54) is 5.01 Å². The van der Waals surface area contributed by atoms with Crippen molar-refractivity contribution in [1.82, 2.24) is 14.8 Å². The number of aromatic nitrogens is 2. The largest absolute Gasteiger partial charge is 0.391 e. The Morgan fingerprint density at radius 1 is 1.37 bits per heavy atom. The van der Waals surface area contributed by atoms with E-state index in [9.17, 15) is 9.90 Å². The monoisotopic (exact) mass is 262 g/mol. The first-order valence-electron chi connectivity index (χ1n) is 6.72. The van der Waals surface area contributed by atoms with Crippen LogP contribution < -0.4 is 0 Å². The Hall–Kier alpha value is -1.69. The van der Waals surface area contributed by atoms with Crippen LogP contribution >= 0.6 is 0 Å². The van der Waals surface area contributed by atoms with Crippen molar-refractivity contribution in [2.75, 3.05) is 0 Å². The number of carbonyl (C=O) groups excluding carboxylic acids is 1. The Kier molecular flexibility index (Phi) is 3.10. The maximum Gasteiger partial charge on any atom is 0.249 e. The highest BCUT2D eigenvalue weighted by molar-refractivity contribution is 6.13. The molecule has 2 aliphatic rings. The van der Waals surface area contributed by atoms with Gasteiger partial charge in [0.2, 0.25) is 5.91 Å². The first-order valence-corrected chi connectivity index (χ1v) is 6.72. The average Bonchev–Trinajstić information content (AvgIpc) is 2.96. The van der Waals surface area contributed by atoms with Gasteiger partial charge in [-0.15, -0.1) is 0 Å². The van der Waals surface area contributed by atoms with Gasteiger partial charge in [0.15, 0.2) is 0 Å². The molecule has 1 aliphatic carbocycles. The van der Waals surface area contributed by atoms with Gasteiger partial charge in [-0.05, 0) is 12.8 Å². The predicted molar refractivity (Wildman–Crippen MR) is 69.5 cm³/mol. The fourth-order valence-electron chi connectivity index (χ4n) is 2.81.